The minimum atomic E-state index is -0.464. The summed E-state index contributed by atoms with van der Waals surface area (Å²) < 4.78 is 11.7. The van der Waals surface area contributed by atoms with Crippen LogP contribution in [-0.2, 0) is 6.61 Å². The first-order valence-electron chi connectivity index (χ1n) is 5.29. The van der Waals surface area contributed by atoms with Crippen LogP contribution in [0.15, 0.2) is 34.1 Å². The van der Waals surface area contributed by atoms with Crippen LogP contribution >= 0.6 is 27.3 Å². The number of non-ortho nitro benzene ring substituents is 1. The zero-order valence-electron chi connectivity index (χ0n) is 9.96. The summed E-state index contributed by atoms with van der Waals surface area (Å²) in [5.41, 5.74) is -0.0249. The summed E-state index contributed by atoms with van der Waals surface area (Å²) in [5.74, 6) is 0.836. The minimum absolute atomic E-state index is 0.0249. The van der Waals surface area contributed by atoms with Crippen LogP contribution in [0.25, 0.3) is 0 Å². The van der Waals surface area contributed by atoms with Crippen molar-refractivity contribution in [3.8, 4) is 11.5 Å². The predicted molar refractivity (Wildman–Crippen MR) is 76.0 cm³/mol. The highest BCUT2D eigenvalue weighted by Gasteiger charge is 2.12. The van der Waals surface area contributed by atoms with Gasteiger partial charge < -0.3 is 9.47 Å². The smallest absolute Gasteiger partial charge is 0.273 e. The van der Waals surface area contributed by atoms with Crippen molar-refractivity contribution in [3.05, 3.63) is 49.1 Å². The second kappa shape index (κ2) is 6.03. The van der Waals surface area contributed by atoms with Crippen LogP contribution in [0.5, 0.6) is 11.5 Å². The lowest BCUT2D eigenvalue weighted by Gasteiger charge is -2.09. The van der Waals surface area contributed by atoms with Crippen molar-refractivity contribution in [3.63, 3.8) is 0 Å². The highest BCUT2D eigenvalue weighted by Crippen LogP contribution is 2.32. The van der Waals surface area contributed by atoms with Gasteiger partial charge in [0.2, 0.25) is 0 Å². The molecule has 5 nitrogen and oxygen atoms in total. The zero-order valence-corrected chi connectivity index (χ0v) is 12.4. The minimum Gasteiger partial charge on any atom is -0.493 e. The van der Waals surface area contributed by atoms with Crippen molar-refractivity contribution in [2.75, 3.05) is 7.11 Å². The van der Waals surface area contributed by atoms with Gasteiger partial charge in [-0.25, -0.2) is 0 Å². The Morgan fingerprint density at radius 2 is 2.11 bits per heavy atom. The molecular weight excluding hydrogens is 334 g/mol. The number of ether oxygens (including phenoxy) is 2. The first-order valence-corrected chi connectivity index (χ1v) is 6.90. The molecule has 0 unspecified atom stereocenters. The number of hydrogen-bond acceptors (Lipinski definition) is 5. The van der Waals surface area contributed by atoms with Crippen LogP contribution in [0.1, 0.15) is 4.88 Å². The van der Waals surface area contributed by atoms with Crippen molar-refractivity contribution < 1.29 is 14.4 Å². The average molecular weight is 344 g/mol. The predicted octanol–water partition coefficient (Wildman–Crippen LogP) is 4.01. The molecule has 2 rings (SSSR count). The molecule has 0 saturated heterocycles. The molecule has 2 aromatic rings. The van der Waals surface area contributed by atoms with Crippen molar-refractivity contribution in [1.29, 1.82) is 0 Å². The molecule has 0 bridgehead atoms. The molecule has 0 radical (unpaired) electrons. The maximum Gasteiger partial charge on any atom is 0.273 e. The van der Waals surface area contributed by atoms with Crippen LogP contribution in [-0.4, -0.2) is 12.0 Å². The summed E-state index contributed by atoms with van der Waals surface area (Å²) in [6.07, 6.45) is 0. The Bertz CT molecular complexity index is 599. The molecule has 1 heterocycles. The van der Waals surface area contributed by atoms with E-state index < -0.39 is 4.92 Å². The molecule has 1 aromatic heterocycles. The summed E-state index contributed by atoms with van der Waals surface area (Å²) in [6, 6.07) is 8.12. The Labute approximate surface area is 122 Å². The van der Waals surface area contributed by atoms with E-state index in [1.807, 2.05) is 12.1 Å². The van der Waals surface area contributed by atoms with Gasteiger partial charge in [0.1, 0.15) is 6.61 Å². The zero-order chi connectivity index (χ0) is 13.8. The van der Waals surface area contributed by atoms with Crippen LogP contribution in [0.3, 0.4) is 0 Å². The third kappa shape index (κ3) is 3.45. The van der Waals surface area contributed by atoms with E-state index in [1.165, 1.54) is 25.3 Å². The Balaban J connectivity index is 2.17. The van der Waals surface area contributed by atoms with Gasteiger partial charge in [0, 0.05) is 10.9 Å². The molecule has 0 fully saturated rings. The van der Waals surface area contributed by atoms with E-state index in [9.17, 15) is 10.1 Å². The van der Waals surface area contributed by atoms with E-state index in [4.69, 9.17) is 9.47 Å². The second-order valence-electron chi connectivity index (χ2n) is 3.59. The van der Waals surface area contributed by atoms with Crippen molar-refractivity contribution in [2.45, 2.75) is 6.61 Å². The van der Waals surface area contributed by atoms with Crippen LogP contribution in [0.4, 0.5) is 5.69 Å². The standard InChI is InChI=1S/C12H10BrNO4S/c1-17-10-4-2-8(14(15)16)6-11(10)18-7-9-3-5-12(13)19-9/h2-6H,7H2,1H3. The quantitative estimate of drug-likeness (QED) is 0.607. The molecule has 0 saturated carbocycles. The van der Waals surface area contributed by atoms with E-state index >= 15 is 0 Å². The van der Waals surface area contributed by atoms with Crippen LogP contribution < -0.4 is 9.47 Å². The molecule has 0 atom stereocenters. The van der Waals surface area contributed by atoms with E-state index in [0.717, 1.165) is 8.66 Å². The van der Waals surface area contributed by atoms with Gasteiger partial charge in [-0.2, -0.15) is 0 Å². The number of hydrogen-bond donors (Lipinski definition) is 0. The lowest BCUT2D eigenvalue weighted by Crippen LogP contribution is -1.97. The third-order valence-electron chi connectivity index (χ3n) is 2.36. The molecule has 0 aliphatic heterocycles. The topological polar surface area (TPSA) is 61.6 Å². The maximum atomic E-state index is 10.7. The summed E-state index contributed by atoms with van der Waals surface area (Å²) in [7, 11) is 1.50. The molecular formula is C12H10BrNO4S. The van der Waals surface area contributed by atoms with Gasteiger partial charge in [-0.3, -0.25) is 10.1 Å². The second-order valence-corrected chi connectivity index (χ2v) is 6.13. The largest absolute Gasteiger partial charge is 0.493 e. The lowest BCUT2D eigenvalue weighted by atomic mass is 10.3. The lowest BCUT2D eigenvalue weighted by molar-refractivity contribution is -0.385. The molecule has 0 amide bonds. The summed E-state index contributed by atoms with van der Waals surface area (Å²) >= 11 is 4.91. The monoisotopic (exact) mass is 343 g/mol. The SMILES string of the molecule is COc1ccc([N+](=O)[O-])cc1OCc1ccc(Br)s1. The summed E-state index contributed by atoms with van der Waals surface area (Å²) in [4.78, 5) is 11.3. The Morgan fingerprint density at radius 3 is 2.68 bits per heavy atom. The summed E-state index contributed by atoms with van der Waals surface area (Å²) in [6.45, 7) is 0.341. The Morgan fingerprint density at radius 1 is 1.32 bits per heavy atom. The number of benzene rings is 1. The summed E-state index contributed by atoms with van der Waals surface area (Å²) in [5, 5.41) is 10.7. The first-order chi connectivity index (χ1) is 9.10. The van der Waals surface area contributed by atoms with Crippen LogP contribution in [0, 0.1) is 10.1 Å². The number of nitrogens with zero attached hydrogens (tertiary/aromatic N) is 1. The van der Waals surface area contributed by atoms with E-state index in [1.54, 1.807) is 11.3 Å². The van der Waals surface area contributed by atoms with Crippen molar-refractivity contribution in [2.24, 2.45) is 0 Å². The van der Waals surface area contributed by atoms with Crippen LogP contribution in [0.2, 0.25) is 0 Å². The van der Waals surface area contributed by atoms with Gasteiger partial charge >= 0.3 is 0 Å². The number of nitro benzene ring substituents is 1. The molecule has 0 spiro atoms. The fourth-order valence-electron chi connectivity index (χ4n) is 1.47. The average Bonchev–Trinajstić information content (AvgIpc) is 2.81. The van der Waals surface area contributed by atoms with E-state index in [2.05, 4.69) is 15.9 Å². The molecule has 0 N–H and O–H groups in total. The number of halogens is 1. The van der Waals surface area contributed by atoms with Gasteiger partial charge in [0.05, 0.1) is 21.9 Å². The third-order valence-corrected chi connectivity index (χ3v) is 3.95. The Hall–Kier alpha value is -1.60. The van der Waals surface area contributed by atoms with Gasteiger partial charge in [0.25, 0.3) is 5.69 Å². The van der Waals surface area contributed by atoms with Gasteiger partial charge in [-0.15, -0.1) is 11.3 Å². The van der Waals surface area contributed by atoms with E-state index in [-0.39, 0.29) is 5.69 Å². The first kappa shape index (κ1) is 13.8. The van der Waals surface area contributed by atoms with Gasteiger partial charge in [0.15, 0.2) is 11.5 Å². The maximum absolute atomic E-state index is 10.7. The van der Waals surface area contributed by atoms with E-state index in [0.29, 0.717) is 18.1 Å². The number of rotatable bonds is 5. The molecule has 100 valence electrons. The highest BCUT2D eigenvalue weighted by molar-refractivity contribution is 9.11. The van der Waals surface area contributed by atoms with Gasteiger partial charge in [-0.1, -0.05) is 0 Å². The van der Waals surface area contributed by atoms with Crippen molar-refractivity contribution in [1.82, 2.24) is 0 Å². The van der Waals surface area contributed by atoms with Gasteiger partial charge in [-0.05, 0) is 34.1 Å². The fourth-order valence-corrected chi connectivity index (χ4v) is 2.87. The normalized spacial score (nSPS) is 10.2. The number of methoxy groups -OCH3 is 1. The molecule has 0 aliphatic carbocycles. The highest BCUT2D eigenvalue weighted by atomic mass is 79.9. The Kier molecular flexibility index (Phi) is 4.39. The number of nitro groups is 1. The number of thiophene rings is 1. The molecule has 0 aliphatic rings. The van der Waals surface area contributed by atoms with Crippen molar-refractivity contribution >= 4 is 33.0 Å². The fraction of sp³-hybridized carbons (Fsp3) is 0.167. The molecule has 19 heavy (non-hydrogen) atoms. The molecule has 1 aromatic carbocycles. The molecule has 7 heteroatoms.